The van der Waals surface area contributed by atoms with Crippen molar-refractivity contribution in [2.45, 2.75) is 49.7 Å². The zero-order valence-electron chi connectivity index (χ0n) is 18.2. The molecule has 0 saturated carbocycles. The minimum atomic E-state index is -0.885. The normalized spacial score (nSPS) is 22.9. The van der Waals surface area contributed by atoms with Crippen molar-refractivity contribution in [3.05, 3.63) is 59.7 Å². The highest BCUT2D eigenvalue weighted by Gasteiger charge is 2.43. The van der Waals surface area contributed by atoms with Gasteiger partial charge in [-0.1, -0.05) is 48.5 Å². The van der Waals surface area contributed by atoms with Gasteiger partial charge in [0, 0.05) is 24.0 Å². The van der Waals surface area contributed by atoms with Gasteiger partial charge in [-0.2, -0.15) is 0 Å². The van der Waals surface area contributed by atoms with Crippen LogP contribution in [0, 0.1) is 0 Å². The molecule has 33 heavy (non-hydrogen) atoms. The first-order chi connectivity index (χ1) is 16.0. The lowest BCUT2D eigenvalue weighted by Gasteiger charge is -2.37. The van der Waals surface area contributed by atoms with Crippen LogP contribution < -0.4 is 10.6 Å². The SMILES string of the molecule is O=C(CNC(=O)OCC1c2ccccc2-c2ccccc21)NC1CC2CCC(C1)N2C(=O)O. The Morgan fingerprint density at radius 3 is 2.09 bits per heavy atom. The first kappa shape index (κ1) is 21.3. The number of benzene rings is 2. The van der Waals surface area contributed by atoms with E-state index in [0.29, 0.717) is 12.8 Å². The number of carbonyl (C=O) groups is 3. The molecule has 3 N–H and O–H groups in total. The van der Waals surface area contributed by atoms with Gasteiger partial charge in [0.15, 0.2) is 0 Å². The minimum Gasteiger partial charge on any atom is -0.465 e. The molecule has 2 fully saturated rings. The number of carboxylic acid groups (broad SMARTS) is 1. The first-order valence-electron chi connectivity index (χ1n) is 11.4. The van der Waals surface area contributed by atoms with Gasteiger partial charge in [-0.05, 0) is 47.9 Å². The van der Waals surface area contributed by atoms with Gasteiger partial charge in [0.1, 0.15) is 13.2 Å². The van der Waals surface area contributed by atoms with Gasteiger partial charge in [-0.15, -0.1) is 0 Å². The second-order valence-corrected chi connectivity index (χ2v) is 8.99. The Balaban J connectivity index is 1.10. The van der Waals surface area contributed by atoms with E-state index in [0.717, 1.165) is 35.1 Å². The molecule has 8 nitrogen and oxygen atoms in total. The van der Waals surface area contributed by atoms with E-state index in [1.165, 1.54) is 4.90 Å². The minimum absolute atomic E-state index is 0.0353. The molecule has 2 aromatic carbocycles. The Hall–Kier alpha value is -3.55. The van der Waals surface area contributed by atoms with Crippen molar-refractivity contribution in [2.75, 3.05) is 13.2 Å². The van der Waals surface area contributed by atoms with Gasteiger partial charge in [-0.25, -0.2) is 9.59 Å². The summed E-state index contributed by atoms with van der Waals surface area (Å²) in [6.45, 7) is 0.0175. The Morgan fingerprint density at radius 2 is 1.52 bits per heavy atom. The third-order valence-corrected chi connectivity index (χ3v) is 7.06. The summed E-state index contributed by atoms with van der Waals surface area (Å²) in [7, 11) is 0. The van der Waals surface area contributed by atoms with Crippen LogP contribution in [-0.2, 0) is 9.53 Å². The third kappa shape index (κ3) is 4.13. The van der Waals surface area contributed by atoms with Crippen molar-refractivity contribution in [3.63, 3.8) is 0 Å². The summed E-state index contributed by atoms with van der Waals surface area (Å²) in [4.78, 5) is 37.5. The van der Waals surface area contributed by atoms with E-state index in [1.807, 2.05) is 24.3 Å². The fourth-order valence-electron chi connectivity index (χ4n) is 5.69. The monoisotopic (exact) mass is 449 g/mol. The molecule has 0 radical (unpaired) electrons. The van der Waals surface area contributed by atoms with Crippen molar-refractivity contribution < 1.29 is 24.2 Å². The molecule has 2 heterocycles. The summed E-state index contributed by atoms with van der Waals surface area (Å²) >= 11 is 0. The molecule has 3 amide bonds. The summed E-state index contributed by atoms with van der Waals surface area (Å²) in [6, 6.07) is 16.1. The van der Waals surface area contributed by atoms with Gasteiger partial charge in [0.2, 0.25) is 5.91 Å². The second kappa shape index (κ2) is 8.77. The number of hydrogen-bond acceptors (Lipinski definition) is 4. The van der Waals surface area contributed by atoms with Crippen molar-refractivity contribution in [2.24, 2.45) is 0 Å². The predicted octanol–water partition coefficient (Wildman–Crippen LogP) is 3.31. The van der Waals surface area contributed by atoms with E-state index in [9.17, 15) is 19.5 Å². The maximum absolute atomic E-state index is 12.3. The lowest BCUT2D eigenvalue weighted by Crippen LogP contribution is -2.53. The van der Waals surface area contributed by atoms with E-state index in [4.69, 9.17) is 4.74 Å². The van der Waals surface area contributed by atoms with Crippen LogP contribution >= 0.6 is 0 Å². The molecule has 0 aromatic heterocycles. The van der Waals surface area contributed by atoms with Gasteiger partial charge >= 0.3 is 12.2 Å². The van der Waals surface area contributed by atoms with E-state index >= 15 is 0 Å². The molecular weight excluding hydrogens is 422 g/mol. The van der Waals surface area contributed by atoms with Crippen molar-refractivity contribution in [1.82, 2.24) is 15.5 Å². The fraction of sp³-hybridized carbons (Fsp3) is 0.400. The zero-order valence-corrected chi connectivity index (χ0v) is 18.2. The third-order valence-electron chi connectivity index (χ3n) is 7.06. The molecule has 2 aliphatic heterocycles. The van der Waals surface area contributed by atoms with Gasteiger partial charge in [0.25, 0.3) is 0 Å². The molecule has 2 atom stereocenters. The van der Waals surface area contributed by atoms with Crippen LogP contribution in [0.4, 0.5) is 9.59 Å². The average molecular weight is 450 g/mol. The topological polar surface area (TPSA) is 108 Å². The predicted molar refractivity (Wildman–Crippen MR) is 121 cm³/mol. The number of rotatable bonds is 5. The number of nitrogens with one attached hydrogen (secondary N) is 2. The standard InChI is InChI=1S/C25H27N3O5/c29-23(27-15-11-16-9-10-17(12-15)28(16)25(31)32)13-26-24(30)33-14-22-20-7-3-1-5-18(20)19-6-2-4-8-21(19)22/h1-8,15-17,22H,9-14H2,(H,26,30)(H,27,29)(H,31,32). The quantitative estimate of drug-likeness (QED) is 0.649. The number of piperidine rings is 1. The average Bonchev–Trinajstić information content (AvgIpc) is 3.28. The van der Waals surface area contributed by atoms with Crippen LogP contribution in [0.3, 0.4) is 0 Å². The Labute approximate surface area is 191 Å². The highest BCUT2D eigenvalue weighted by atomic mass is 16.5. The molecule has 2 bridgehead atoms. The van der Waals surface area contributed by atoms with E-state index < -0.39 is 12.2 Å². The maximum atomic E-state index is 12.3. The summed E-state index contributed by atoms with van der Waals surface area (Å²) < 4.78 is 5.46. The molecule has 1 aliphatic carbocycles. The van der Waals surface area contributed by atoms with Crippen LogP contribution in [0.5, 0.6) is 0 Å². The van der Waals surface area contributed by atoms with Crippen molar-refractivity contribution in [3.8, 4) is 11.1 Å². The molecule has 0 spiro atoms. The van der Waals surface area contributed by atoms with Crippen molar-refractivity contribution in [1.29, 1.82) is 0 Å². The van der Waals surface area contributed by atoms with E-state index in [-0.39, 0.29) is 43.1 Å². The zero-order chi connectivity index (χ0) is 22.9. The maximum Gasteiger partial charge on any atom is 0.407 e. The number of hydrogen-bond donors (Lipinski definition) is 3. The smallest absolute Gasteiger partial charge is 0.407 e. The Morgan fingerprint density at radius 1 is 0.939 bits per heavy atom. The summed E-state index contributed by atoms with van der Waals surface area (Å²) in [5, 5.41) is 14.8. The van der Waals surface area contributed by atoms with Gasteiger partial charge in [-0.3, -0.25) is 4.79 Å². The number of carbonyl (C=O) groups excluding carboxylic acids is 2. The van der Waals surface area contributed by atoms with Crippen LogP contribution in [0.15, 0.2) is 48.5 Å². The van der Waals surface area contributed by atoms with E-state index in [2.05, 4.69) is 34.9 Å². The molecule has 2 unspecified atom stereocenters. The molecule has 5 rings (SSSR count). The van der Waals surface area contributed by atoms with Crippen LogP contribution in [0.2, 0.25) is 0 Å². The van der Waals surface area contributed by atoms with Gasteiger partial charge < -0.3 is 25.4 Å². The lowest BCUT2D eigenvalue weighted by atomic mass is 9.98. The fourth-order valence-corrected chi connectivity index (χ4v) is 5.69. The van der Waals surface area contributed by atoms with Crippen LogP contribution in [0.1, 0.15) is 42.7 Å². The highest BCUT2D eigenvalue weighted by Crippen LogP contribution is 2.44. The number of nitrogens with zero attached hydrogens (tertiary/aromatic N) is 1. The number of fused-ring (bicyclic) bond motifs is 5. The second-order valence-electron chi connectivity index (χ2n) is 8.99. The van der Waals surface area contributed by atoms with Crippen molar-refractivity contribution >= 4 is 18.1 Å². The summed E-state index contributed by atoms with van der Waals surface area (Å²) in [5.74, 6) is -0.330. The number of amides is 3. The number of ether oxygens (including phenoxy) is 1. The largest absolute Gasteiger partial charge is 0.465 e. The molecule has 8 heteroatoms. The number of alkyl carbamates (subject to hydrolysis) is 1. The lowest BCUT2D eigenvalue weighted by molar-refractivity contribution is -0.121. The molecule has 2 aromatic rings. The van der Waals surface area contributed by atoms with Crippen LogP contribution in [-0.4, -0.2) is 59.4 Å². The Kier molecular flexibility index (Phi) is 5.66. The first-order valence-corrected chi connectivity index (χ1v) is 11.4. The Bertz CT molecular complexity index is 1030. The van der Waals surface area contributed by atoms with E-state index in [1.54, 1.807) is 0 Å². The van der Waals surface area contributed by atoms with Gasteiger partial charge in [0.05, 0.1) is 0 Å². The molecular formula is C25H27N3O5. The summed E-state index contributed by atoms with van der Waals surface area (Å²) in [5.41, 5.74) is 4.58. The highest BCUT2D eigenvalue weighted by molar-refractivity contribution is 5.83. The molecule has 172 valence electrons. The molecule has 2 saturated heterocycles. The molecule has 3 aliphatic rings. The summed E-state index contributed by atoms with van der Waals surface area (Å²) in [6.07, 6.45) is 1.37. The van der Waals surface area contributed by atoms with Crippen LogP contribution in [0.25, 0.3) is 11.1 Å².